The molecule has 92 valence electrons. The molecular formula is C11H18O5. The lowest BCUT2D eigenvalue weighted by Crippen LogP contribution is -2.02. The number of ether oxygens (including phenoxy) is 2. The number of hydrogen-bond acceptors (Lipinski definition) is 5. The van der Waals surface area contributed by atoms with Gasteiger partial charge in [0, 0.05) is 24.7 Å². The second kappa shape index (κ2) is 11.5. The van der Waals surface area contributed by atoms with Gasteiger partial charge < -0.3 is 14.6 Å². The van der Waals surface area contributed by atoms with Crippen LogP contribution >= 0.6 is 0 Å². The lowest BCUT2D eigenvalue weighted by Gasteiger charge is -1.96. The Morgan fingerprint density at radius 3 is 2.25 bits per heavy atom. The number of methoxy groups -OCH3 is 1. The molecule has 0 aromatic heterocycles. The molecule has 0 radical (unpaired) electrons. The van der Waals surface area contributed by atoms with Crippen LogP contribution in [0.3, 0.4) is 0 Å². The summed E-state index contributed by atoms with van der Waals surface area (Å²) in [6.07, 6.45) is 1.58. The molecule has 0 aliphatic rings. The Hall–Kier alpha value is -1.62. The van der Waals surface area contributed by atoms with Gasteiger partial charge in [0.15, 0.2) is 0 Å². The molecule has 1 N–H and O–H groups in total. The van der Waals surface area contributed by atoms with Gasteiger partial charge in [0.25, 0.3) is 0 Å². The van der Waals surface area contributed by atoms with E-state index in [1.165, 1.54) is 7.11 Å². The SMILES string of the molecule is C=C(C)C(=O)OC.C=CC(=O)OCCCO. The van der Waals surface area contributed by atoms with Crippen LogP contribution in [-0.2, 0) is 19.1 Å². The summed E-state index contributed by atoms with van der Waals surface area (Å²) < 4.78 is 8.79. The van der Waals surface area contributed by atoms with Crippen molar-refractivity contribution in [2.24, 2.45) is 0 Å². The van der Waals surface area contributed by atoms with Crippen LogP contribution in [0.25, 0.3) is 0 Å². The third kappa shape index (κ3) is 12.4. The fourth-order valence-corrected chi connectivity index (χ4v) is 0.470. The van der Waals surface area contributed by atoms with E-state index in [2.05, 4.69) is 22.6 Å². The predicted molar refractivity (Wildman–Crippen MR) is 59.7 cm³/mol. The van der Waals surface area contributed by atoms with E-state index in [9.17, 15) is 9.59 Å². The fraction of sp³-hybridized carbons (Fsp3) is 0.455. The molecule has 0 fully saturated rings. The summed E-state index contributed by atoms with van der Waals surface area (Å²) in [5.41, 5.74) is 0.433. The van der Waals surface area contributed by atoms with Gasteiger partial charge in [-0.25, -0.2) is 9.59 Å². The minimum absolute atomic E-state index is 0.0461. The summed E-state index contributed by atoms with van der Waals surface area (Å²) in [6, 6.07) is 0. The topological polar surface area (TPSA) is 72.8 Å². The lowest BCUT2D eigenvalue weighted by molar-refractivity contribution is -0.138. The summed E-state index contributed by atoms with van der Waals surface area (Å²) in [4.78, 5) is 20.5. The van der Waals surface area contributed by atoms with Crippen LogP contribution in [0.15, 0.2) is 24.8 Å². The van der Waals surface area contributed by atoms with Gasteiger partial charge in [-0.05, 0) is 6.92 Å². The second-order valence-electron chi connectivity index (χ2n) is 2.72. The summed E-state index contributed by atoms with van der Waals surface area (Å²) in [6.45, 7) is 8.47. The van der Waals surface area contributed by atoms with Gasteiger partial charge in [0.1, 0.15) is 0 Å². The first kappa shape index (κ1) is 16.8. The first-order valence-corrected chi connectivity index (χ1v) is 4.63. The van der Waals surface area contributed by atoms with Crippen LogP contribution in [-0.4, -0.2) is 37.4 Å². The van der Waals surface area contributed by atoms with Crippen LogP contribution in [0.5, 0.6) is 0 Å². The summed E-state index contributed by atoms with van der Waals surface area (Å²) >= 11 is 0. The lowest BCUT2D eigenvalue weighted by atomic mass is 10.4. The van der Waals surface area contributed by atoms with Crippen molar-refractivity contribution in [3.05, 3.63) is 24.8 Å². The average Bonchev–Trinajstić information content (AvgIpc) is 2.28. The maximum absolute atomic E-state index is 10.3. The average molecular weight is 230 g/mol. The Morgan fingerprint density at radius 1 is 1.44 bits per heavy atom. The van der Waals surface area contributed by atoms with E-state index >= 15 is 0 Å². The van der Waals surface area contributed by atoms with Crippen LogP contribution < -0.4 is 0 Å². The molecule has 0 saturated heterocycles. The van der Waals surface area contributed by atoms with Crippen LogP contribution in [0.2, 0.25) is 0 Å². The first-order chi connectivity index (χ1) is 7.49. The minimum Gasteiger partial charge on any atom is -0.466 e. The standard InChI is InChI=1S/C6H10O3.C5H8O2/c1-2-6(8)9-5-3-4-7;1-4(2)5(6)7-3/h2,7H,1,3-5H2;1H2,2-3H3. The molecule has 16 heavy (non-hydrogen) atoms. The van der Waals surface area contributed by atoms with Gasteiger partial charge in [-0.1, -0.05) is 13.2 Å². The Bertz CT molecular complexity index is 245. The normalized spacial score (nSPS) is 8.19. The molecule has 0 amide bonds. The van der Waals surface area contributed by atoms with Gasteiger partial charge in [-0.3, -0.25) is 0 Å². The largest absolute Gasteiger partial charge is 0.466 e. The Labute approximate surface area is 95.4 Å². The van der Waals surface area contributed by atoms with E-state index in [0.29, 0.717) is 12.0 Å². The zero-order valence-corrected chi connectivity index (χ0v) is 9.69. The van der Waals surface area contributed by atoms with Crippen molar-refractivity contribution in [1.29, 1.82) is 0 Å². The number of aliphatic hydroxyl groups is 1. The first-order valence-electron chi connectivity index (χ1n) is 4.63. The fourth-order valence-electron chi connectivity index (χ4n) is 0.470. The van der Waals surface area contributed by atoms with Gasteiger partial charge in [0.2, 0.25) is 0 Å². The highest BCUT2D eigenvalue weighted by Crippen LogP contribution is 1.87. The number of esters is 2. The van der Waals surface area contributed by atoms with E-state index in [0.717, 1.165) is 6.08 Å². The van der Waals surface area contributed by atoms with Crippen molar-refractivity contribution >= 4 is 11.9 Å². The summed E-state index contributed by atoms with van der Waals surface area (Å²) in [7, 11) is 1.33. The maximum atomic E-state index is 10.3. The summed E-state index contributed by atoms with van der Waals surface area (Å²) in [5.74, 6) is -0.788. The third-order valence-corrected chi connectivity index (χ3v) is 1.25. The zero-order valence-electron chi connectivity index (χ0n) is 9.69. The molecule has 0 bridgehead atoms. The van der Waals surface area contributed by atoms with Crippen molar-refractivity contribution in [2.75, 3.05) is 20.3 Å². The van der Waals surface area contributed by atoms with Crippen LogP contribution in [0.1, 0.15) is 13.3 Å². The van der Waals surface area contributed by atoms with Crippen molar-refractivity contribution in [3.63, 3.8) is 0 Å². The van der Waals surface area contributed by atoms with E-state index in [1.807, 2.05) is 0 Å². The van der Waals surface area contributed by atoms with Crippen molar-refractivity contribution in [2.45, 2.75) is 13.3 Å². The molecule has 0 spiro atoms. The quantitative estimate of drug-likeness (QED) is 0.430. The van der Waals surface area contributed by atoms with Crippen LogP contribution in [0.4, 0.5) is 0 Å². The molecule has 5 heteroatoms. The summed E-state index contributed by atoms with van der Waals surface area (Å²) in [5, 5.41) is 8.23. The molecule has 0 aliphatic heterocycles. The molecular weight excluding hydrogens is 212 g/mol. The minimum atomic E-state index is -0.441. The highest BCUT2D eigenvalue weighted by molar-refractivity contribution is 5.86. The molecule has 0 saturated carbocycles. The predicted octanol–water partition coefficient (Wildman–Crippen LogP) is 0.833. The van der Waals surface area contributed by atoms with Crippen molar-refractivity contribution in [1.82, 2.24) is 0 Å². The van der Waals surface area contributed by atoms with Crippen molar-refractivity contribution in [3.8, 4) is 0 Å². The molecule has 0 heterocycles. The van der Waals surface area contributed by atoms with E-state index < -0.39 is 5.97 Å². The van der Waals surface area contributed by atoms with E-state index in [1.54, 1.807) is 6.92 Å². The Morgan fingerprint density at radius 2 is 2.00 bits per heavy atom. The number of hydrogen-bond donors (Lipinski definition) is 1. The second-order valence-corrected chi connectivity index (χ2v) is 2.72. The Kier molecular flexibility index (Phi) is 12.0. The van der Waals surface area contributed by atoms with Gasteiger partial charge >= 0.3 is 11.9 Å². The maximum Gasteiger partial charge on any atom is 0.332 e. The van der Waals surface area contributed by atoms with E-state index in [4.69, 9.17) is 5.11 Å². The third-order valence-electron chi connectivity index (χ3n) is 1.25. The number of carbonyl (C=O) groups is 2. The smallest absolute Gasteiger partial charge is 0.332 e. The highest BCUT2D eigenvalue weighted by atomic mass is 16.5. The monoisotopic (exact) mass is 230 g/mol. The van der Waals surface area contributed by atoms with Gasteiger partial charge in [-0.2, -0.15) is 0 Å². The molecule has 0 aromatic rings. The zero-order chi connectivity index (χ0) is 13.0. The Balaban J connectivity index is 0. The van der Waals surface area contributed by atoms with Crippen LogP contribution in [0, 0.1) is 0 Å². The molecule has 5 nitrogen and oxygen atoms in total. The number of carbonyl (C=O) groups excluding carboxylic acids is 2. The molecule has 0 aliphatic carbocycles. The van der Waals surface area contributed by atoms with Gasteiger partial charge in [-0.15, -0.1) is 0 Å². The molecule has 0 aromatic carbocycles. The number of rotatable bonds is 5. The highest BCUT2D eigenvalue weighted by Gasteiger charge is 1.95. The molecule has 0 atom stereocenters. The molecule has 0 unspecified atom stereocenters. The van der Waals surface area contributed by atoms with Crippen molar-refractivity contribution < 1.29 is 24.2 Å². The molecule has 0 rings (SSSR count). The van der Waals surface area contributed by atoms with Gasteiger partial charge in [0.05, 0.1) is 13.7 Å². The van der Waals surface area contributed by atoms with E-state index in [-0.39, 0.29) is 19.2 Å². The number of aliphatic hydroxyl groups excluding tert-OH is 1.